The molecule has 13 heteroatoms. The van der Waals surface area contributed by atoms with Gasteiger partial charge in [0.25, 0.3) is 10.1 Å². The van der Waals surface area contributed by atoms with Crippen molar-refractivity contribution in [3.63, 3.8) is 0 Å². The molecule has 0 fully saturated rings. The van der Waals surface area contributed by atoms with Crippen LogP contribution in [0.15, 0.2) is 94.7 Å². The van der Waals surface area contributed by atoms with Gasteiger partial charge in [0.2, 0.25) is 0 Å². The van der Waals surface area contributed by atoms with Crippen LogP contribution in [0, 0.1) is 0 Å². The zero-order chi connectivity index (χ0) is 40.8. The summed E-state index contributed by atoms with van der Waals surface area (Å²) in [5, 5.41) is 21.3. The molecule has 0 aliphatic heterocycles. The molecule has 0 heterocycles. The summed E-state index contributed by atoms with van der Waals surface area (Å²) in [7, 11) is -9.18. The number of ether oxygens (including phenoxy) is 2. The van der Waals surface area contributed by atoms with Crippen molar-refractivity contribution in [3.8, 4) is 34.5 Å². The van der Waals surface area contributed by atoms with Crippen LogP contribution < -0.4 is 14.6 Å². The topological polar surface area (TPSA) is 173 Å². The predicted octanol–water partition coefficient (Wildman–Crippen LogP) is 10.9. The standard InChI is InChI=1S/2C22H30O5S.Ca/c2*1-2-3-4-5-6-7-8-9-12-18-13-10-11-14-20(18)27-21-17-19(23)15-16-22(21)28(24,25)26;/h2*10-11,13-17,23H,2-9,12H2,1H3,(H,24,25,26);/q;;+2/p-2. The maximum absolute atomic E-state index is 11.6. The van der Waals surface area contributed by atoms with Gasteiger partial charge in [0.15, 0.2) is 5.75 Å². The average Bonchev–Trinajstić information content (AvgIpc) is 3.14. The molecule has 2 N–H and O–H groups in total. The van der Waals surface area contributed by atoms with Crippen LogP contribution in [0.25, 0.3) is 0 Å². The van der Waals surface area contributed by atoms with Gasteiger partial charge in [0, 0.05) is 6.07 Å². The third kappa shape index (κ3) is 19.2. The van der Waals surface area contributed by atoms with Crippen molar-refractivity contribution in [3.05, 3.63) is 96.1 Å². The van der Waals surface area contributed by atoms with Gasteiger partial charge in [-0.3, -0.25) is 4.55 Å². The largest absolute Gasteiger partial charge is 2.00 e. The summed E-state index contributed by atoms with van der Waals surface area (Å²) in [4.78, 5) is -0.888. The fourth-order valence-corrected chi connectivity index (χ4v) is 7.50. The fraction of sp³-hybridized carbons (Fsp3) is 0.455. The first-order valence-corrected chi connectivity index (χ1v) is 22.8. The summed E-state index contributed by atoms with van der Waals surface area (Å²) in [5.41, 5.74) is 1.90. The van der Waals surface area contributed by atoms with E-state index >= 15 is 0 Å². The van der Waals surface area contributed by atoms with E-state index in [-0.39, 0.29) is 59.9 Å². The molecule has 57 heavy (non-hydrogen) atoms. The molecule has 4 rings (SSSR count). The van der Waals surface area contributed by atoms with Crippen LogP contribution in [0.4, 0.5) is 0 Å². The maximum atomic E-state index is 11.6. The van der Waals surface area contributed by atoms with Crippen LogP contribution in [0.5, 0.6) is 34.5 Å². The number of rotatable bonds is 24. The number of para-hydroxylation sites is 2. The molecule has 0 amide bonds. The van der Waals surface area contributed by atoms with E-state index in [1.54, 1.807) is 18.2 Å². The number of hydrogen-bond donors (Lipinski definition) is 2. The number of benzene rings is 4. The Kier molecular flexibility index (Phi) is 23.8. The number of aryl methyl sites for hydroxylation is 2. The van der Waals surface area contributed by atoms with E-state index in [0.717, 1.165) is 73.9 Å². The van der Waals surface area contributed by atoms with E-state index in [4.69, 9.17) is 9.47 Å². The second kappa shape index (κ2) is 27.0. The molecule has 0 radical (unpaired) electrons. The van der Waals surface area contributed by atoms with Gasteiger partial charge in [0.05, 0.1) is 4.90 Å². The van der Waals surface area contributed by atoms with Crippen molar-refractivity contribution in [2.24, 2.45) is 0 Å². The van der Waals surface area contributed by atoms with E-state index < -0.39 is 30.9 Å². The monoisotopic (exact) mass is 850 g/mol. The van der Waals surface area contributed by atoms with Crippen LogP contribution >= 0.6 is 0 Å². The molecule has 0 atom stereocenters. The van der Waals surface area contributed by atoms with Crippen LogP contribution in [-0.4, -0.2) is 68.8 Å². The minimum absolute atomic E-state index is 0. The van der Waals surface area contributed by atoms with Gasteiger partial charge >= 0.3 is 37.7 Å². The number of phenolic OH excluding ortho intramolecular Hbond substituents is 1. The van der Waals surface area contributed by atoms with Gasteiger partial charge in [-0.1, -0.05) is 146 Å². The summed E-state index contributed by atoms with van der Waals surface area (Å²) in [6.07, 6.45) is 21.2. The van der Waals surface area contributed by atoms with Crippen LogP contribution in [0.1, 0.15) is 128 Å². The smallest absolute Gasteiger partial charge is 0.872 e. The van der Waals surface area contributed by atoms with Crippen molar-refractivity contribution in [2.75, 3.05) is 0 Å². The van der Waals surface area contributed by atoms with Crippen molar-refractivity contribution < 1.29 is 45.6 Å². The van der Waals surface area contributed by atoms with Crippen LogP contribution in [-0.2, 0) is 33.1 Å². The molecule has 308 valence electrons. The Morgan fingerprint density at radius 3 is 1.37 bits per heavy atom. The van der Waals surface area contributed by atoms with E-state index in [0.29, 0.717) is 11.5 Å². The first-order chi connectivity index (χ1) is 26.8. The third-order valence-corrected chi connectivity index (χ3v) is 11.1. The Bertz CT molecular complexity index is 1840. The summed E-state index contributed by atoms with van der Waals surface area (Å²) < 4.78 is 78.3. The third-order valence-electron chi connectivity index (χ3n) is 9.37. The molecule has 4 aromatic carbocycles. The molecule has 0 spiro atoms. The second-order valence-electron chi connectivity index (χ2n) is 14.0. The van der Waals surface area contributed by atoms with Crippen molar-refractivity contribution in [1.82, 2.24) is 0 Å². The zero-order valence-corrected chi connectivity index (χ0v) is 37.3. The molecule has 0 aliphatic rings. The summed E-state index contributed by atoms with van der Waals surface area (Å²) in [5.74, 6) is 0.143. The predicted molar refractivity (Wildman–Crippen MR) is 223 cm³/mol. The molecule has 0 aromatic heterocycles. The quantitative estimate of drug-likeness (QED) is 0.0392. The van der Waals surface area contributed by atoms with E-state index in [1.807, 2.05) is 30.3 Å². The van der Waals surface area contributed by atoms with E-state index in [9.17, 15) is 36.2 Å². The fourth-order valence-electron chi connectivity index (χ4n) is 6.32. The Morgan fingerprint density at radius 1 is 0.526 bits per heavy atom. The first kappa shape index (κ1) is 50.3. The van der Waals surface area contributed by atoms with Gasteiger partial charge in [-0.15, -0.1) is 5.75 Å². The molecule has 4 aromatic rings. The molecule has 0 unspecified atom stereocenters. The molecule has 0 saturated carbocycles. The molecular weight excluding hydrogens is 793 g/mol. The Morgan fingerprint density at radius 2 is 0.930 bits per heavy atom. The Balaban J connectivity index is 0.000000387. The molecule has 0 saturated heterocycles. The molecular formula is C44H58CaO10S2. The summed E-state index contributed by atoms with van der Waals surface area (Å²) >= 11 is 0. The summed E-state index contributed by atoms with van der Waals surface area (Å²) in [6, 6.07) is 21.3. The van der Waals surface area contributed by atoms with Gasteiger partial charge in [0.1, 0.15) is 38.0 Å². The van der Waals surface area contributed by atoms with Crippen LogP contribution in [0.3, 0.4) is 0 Å². The summed E-state index contributed by atoms with van der Waals surface area (Å²) in [6.45, 7) is 4.43. The molecule has 0 aliphatic carbocycles. The van der Waals surface area contributed by atoms with E-state index in [1.165, 1.54) is 89.2 Å². The van der Waals surface area contributed by atoms with Crippen molar-refractivity contribution in [1.29, 1.82) is 0 Å². The number of unbranched alkanes of at least 4 members (excludes halogenated alkanes) is 14. The van der Waals surface area contributed by atoms with Crippen molar-refractivity contribution in [2.45, 2.75) is 139 Å². The van der Waals surface area contributed by atoms with Gasteiger partial charge in [-0.2, -0.15) is 8.42 Å². The first-order valence-electron chi connectivity index (χ1n) is 19.9. The minimum Gasteiger partial charge on any atom is -0.872 e. The number of hydrogen-bond acceptors (Lipinski definition) is 9. The van der Waals surface area contributed by atoms with Crippen LogP contribution in [0.2, 0.25) is 0 Å². The van der Waals surface area contributed by atoms with E-state index in [2.05, 4.69) is 13.8 Å². The second-order valence-corrected chi connectivity index (χ2v) is 16.8. The molecule has 10 nitrogen and oxygen atoms in total. The number of phenols is 1. The zero-order valence-electron chi connectivity index (χ0n) is 33.5. The molecule has 0 bridgehead atoms. The minimum atomic E-state index is -4.73. The Hall–Kier alpha value is -2.84. The van der Waals surface area contributed by atoms with Gasteiger partial charge in [-0.05, 0) is 73.2 Å². The van der Waals surface area contributed by atoms with Crippen molar-refractivity contribution >= 4 is 58.0 Å². The van der Waals surface area contributed by atoms with Gasteiger partial charge < -0.3 is 24.2 Å². The number of aromatic hydroxyl groups is 1. The average molecular weight is 851 g/mol. The maximum Gasteiger partial charge on any atom is 2.00 e. The Labute approximate surface area is 370 Å². The normalized spacial score (nSPS) is 11.3. The van der Waals surface area contributed by atoms with Gasteiger partial charge in [-0.25, -0.2) is 8.42 Å². The SMILES string of the molecule is CCCCCCCCCCc1ccccc1Oc1cc(O)ccc1S(=O)(=O)O.CCCCCCCCCCc1ccccc1Oc1cc([O-])ccc1S(=O)(=O)[O-].[Ca+2].